The van der Waals surface area contributed by atoms with Crippen molar-refractivity contribution in [2.45, 2.75) is 132 Å². The molecule has 14 N–H and O–H groups in total. The van der Waals surface area contributed by atoms with Crippen molar-refractivity contribution < 1.29 is 81.8 Å². The number of nitrogens with one attached hydrogen (secondary N) is 7. The number of carbonyl (C=O) groups is 12. The maximum atomic E-state index is 15.1. The lowest BCUT2D eigenvalue weighted by atomic mass is 9.85. The number of carbonyl (C=O) groups excluding carboxylic acids is 12. The number of aliphatic hydroxyl groups excluding tert-OH is 3. The molecule has 0 saturated carbocycles. The molecule has 4 unspecified atom stereocenters. The Morgan fingerprint density at radius 3 is 2.19 bits per heavy atom. The number of unbranched alkanes of at least 4 members (excludes halogenated alkanes) is 3. The van der Waals surface area contributed by atoms with E-state index in [0.29, 0.717) is 48.8 Å². The Morgan fingerprint density at radius 1 is 0.855 bits per heavy atom. The first-order valence-corrected chi connectivity index (χ1v) is 29.0. The number of imide groups is 1. The number of H-pyrrole nitrogens is 1. The molecule has 4 aliphatic rings. The molecule has 2 bridgehead atoms. The van der Waals surface area contributed by atoms with Crippen molar-refractivity contribution in [2.75, 3.05) is 51.7 Å². The highest BCUT2D eigenvalue weighted by Gasteiger charge is 2.45. The van der Waals surface area contributed by atoms with Crippen LogP contribution in [-0.4, -0.2) is 199 Å². The molecule has 6 rings (SSSR count). The summed E-state index contributed by atoms with van der Waals surface area (Å²) in [5.41, 5.74) is 11.8. The molecule has 454 valence electrons. The molecule has 10 amide bonds. The number of amides is 10. The summed E-state index contributed by atoms with van der Waals surface area (Å²) in [6.07, 6.45) is -1.17. The fourth-order valence-corrected chi connectivity index (χ4v) is 11.9. The summed E-state index contributed by atoms with van der Waals surface area (Å²) in [5, 5.41) is 47.4. The van der Waals surface area contributed by atoms with Crippen LogP contribution in [-0.2, 0) is 74.8 Å². The monoisotopic (exact) mass is 1180 g/mol. The average molecular weight is 1180 g/mol. The zero-order valence-electron chi connectivity index (χ0n) is 46.5. The first kappa shape index (κ1) is 64.7. The van der Waals surface area contributed by atoms with Crippen LogP contribution in [0.2, 0.25) is 0 Å². The number of nitrogens with two attached hydrogens (primary N) is 2. The van der Waals surface area contributed by atoms with E-state index >= 15 is 4.21 Å². The molecular weight excluding hydrogens is 1110 g/mol. The van der Waals surface area contributed by atoms with Crippen molar-refractivity contribution in [1.82, 2.24) is 46.7 Å². The molecule has 0 spiro atoms. The fraction of sp³-hybridized carbons (Fsp3) is 0.593. The van der Waals surface area contributed by atoms with Gasteiger partial charge in [-0.1, -0.05) is 40.0 Å². The van der Waals surface area contributed by atoms with Crippen molar-refractivity contribution in [3.63, 3.8) is 0 Å². The van der Waals surface area contributed by atoms with Crippen LogP contribution in [0.15, 0.2) is 35.4 Å². The molecular formula is C54H75N11O17S. The normalized spacial score (nSPS) is 26.0. The van der Waals surface area contributed by atoms with Crippen LogP contribution in [0.3, 0.4) is 0 Å². The number of hydrogen-bond donors (Lipinski definition) is 12. The van der Waals surface area contributed by atoms with E-state index in [4.69, 9.17) is 16.2 Å². The van der Waals surface area contributed by atoms with Crippen LogP contribution in [0.5, 0.6) is 5.75 Å². The summed E-state index contributed by atoms with van der Waals surface area (Å²) in [6.45, 7) is 2.13. The van der Waals surface area contributed by atoms with Gasteiger partial charge in [0.25, 0.3) is 11.8 Å². The van der Waals surface area contributed by atoms with Gasteiger partial charge in [-0.05, 0) is 42.9 Å². The summed E-state index contributed by atoms with van der Waals surface area (Å²) in [4.78, 5) is 168. The van der Waals surface area contributed by atoms with Gasteiger partial charge in [-0.3, -0.25) is 66.6 Å². The molecule has 0 radical (unpaired) electrons. The van der Waals surface area contributed by atoms with Gasteiger partial charge in [-0.2, -0.15) is 0 Å². The molecule has 83 heavy (non-hydrogen) atoms. The summed E-state index contributed by atoms with van der Waals surface area (Å²) in [5.74, 6) is -15.4. The molecule has 0 aliphatic carbocycles. The average Bonchev–Trinajstić information content (AvgIpc) is 4.37. The van der Waals surface area contributed by atoms with Crippen molar-refractivity contribution in [3.05, 3.63) is 35.9 Å². The first-order chi connectivity index (χ1) is 39.5. The molecule has 29 heteroatoms. The van der Waals surface area contributed by atoms with Crippen molar-refractivity contribution in [1.29, 1.82) is 0 Å². The molecule has 28 nitrogen and oxygen atoms in total. The Kier molecular flexibility index (Phi) is 23.1. The van der Waals surface area contributed by atoms with Crippen LogP contribution >= 0.6 is 0 Å². The van der Waals surface area contributed by atoms with Gasteiger partial charge in [0, 0.05) is 80.8 Å². The predicted octanol–water partition coefficient (Wildman–Crippen LogP) is -4.14. The van der Waals surface area contributed by atoms with E-state index in [2.05, 4.69) is 36.9 Å². The number of Topliss-reactive ketones (excluding diaryl/α,β-unsaturated/α-hetero) is 2. The Hall–Kier alpha value is -7.47. The van der Waals surface area contributed by atoms with Crippen molar-refractivity contribution in [2.24, 2.45) is 35.1 Å². The van der Waals surface area contributed by atoms with Crippen LogP contribution in [0.4, 0.5) is 0 Å². The van der Waals surface area contributed by atoms with E-state index in [9.17, 15) is 72.9 Å². The van der Waals surface area contributed by atoms with E-state index < -0.39 is 205 Å². The smallest absolute Gasteiger partial charge is 0.254 e. The van der Waals surface area contributed by atoms with Crippen LogP contribution < -0.4 is 48.1 Å². The number of aliphatic hydroxyl groups is 3. The number of primary amides is 1. The zero-order valence-corrected chi connectivity index (χ0v) is 47.3. The third-order valence-corrected chi connectivity index (χ3v) is 16.9. The summed E-state index contributed by atoms with van der Waals surface area (Å²) in [7, 11) is -2.36. The van der Waals surface area contributed by atoms with E-state index in [1.54, 1.807) is 32.0 Å². The number of nitrogens with zero attached hydrogens (tertiary/aromatic N) is 2. The third-order valence-electron chi connectivity index (χ3n) is 15.4. The molecule has 1 aromatic carbocycles. The highest BCUT2D eigenvalue weighted by Crippen LogP contribution is 2.33. The minimum atomic E-state index is -2.36. The quantitative estimate of drug-likeness (QED) is 0.0498. The number of ether oxygens (including phenoxy) is 1. The lowest BCUT2D eigenvalue weighted by Gasteiger charge is -2.32. The number of aromatic nitrogens is 1. The second kappa shape index (κ2) is 29.7. The number of hydrogen-bond acceptors (Lipinski definition) is 18. The number of fused-ring (bicyclic) bond motifs is 5. The Balaban J connectivity index is 1.37. The Labute approximate surface area is 480 Å². The maximum Gasteiger partial charge on any atom is 0.254 e. The molecule has 1 fully saturated rings. The summed E-state index contributed by atoms with van der Waals surface area (Å²) < 4.78 is 21.2. The van der Waals surface area contributed by atoms with Gasteiger partial charge in [-0.15, -0.1) is 0 Å². The molecule has 1 saturated heterocycles. The molecule has 5 heterocycles. The SMILES string of the molecule is CC[C@H](C)[C@@H]1NC(=O)CNC(=O)C2CC(=O)[C@H]([C@@H](C)[C@@H](O)CO)NC(=O)[C@@H]3CC(O)CN3C(=O)[C@H](CC(N)=O)CC(=O)C(CS(=O)c3[nH]c4cc(OCCCCCCNC(=O)[C@H](CN)N5C(=O)C=CC5=O)ccc4c3C2)NC(=O)CNC1=O. The fourth-order valence-electron chi connectivity index (χ4n) is 10.5. The topological polar surface area (TPSA) is 438 Å². The second-order valence-corrected chi connectivity index (χ2v) is 22.9. The molecule has 2 aromatic rings. The zero-order chi connectivity index (χ0) is 60.8. The lowest BCUT2D eigenvalue weighted by molar-refractivity contribution is -0.145. The second-order valence-electron chi connectivity index (χ2n) is 21.4. The van der Waals surface area contributed by atoms with Crippen LogP contribution in [0.1, 0.15) is 84.1 Å². The standard InChI is InChI=1S/C54H75N11O17S/c1-4-27(2)47-52(79)59-22-43(72)60-36-26-83(81)53-34(33-10-9-32(20-35(33)61-53)82-14-8-6-5-7-13-57-50(77)38(21-55)65-45(74)11-12-46(65)75)15-29(49(76)58-23-44(73)62-47)16-40(69)48(28(3)41(70)25-66)63-51(78)37-19-31(67)24-64(37)54(80)30(17-39(36)68)18-42(56)71/h9-12,20,27-31,36-38,41,47-48,61,66-67,70H,4-8,13-19,21-26,55H2,1-3H3,(H2,56,71)(H,57,77)(H,58,76)(H,59,79)(H,60,72)(H,62,73)(H,63,78)/t27-,28-,29?,30-,31?,36?,37-,38-,41-,47-,48-,83?/m0/s1. The summed E-state index contributed by atoms with van der Waals surface area (Å²) >= 11 is 0. The maximum absolute atomic E-state index is 15.1. The Bertz CT molecular complexity index is 2860. The van der Waals surface area contributed by atoms with E-state index in [1.807, 2.05) is 0 Å². The Morgan fingerprint density at radius 2 is 1.53 bits per heavy atom. The van der Waals surface area contributed by atoms with Gasteiger partial charge >= 0.3 is 0 Å². The third kappa shape index (κ3) is 16.6. The predicted molar refractivity (Wildman–Crippen MR) is 294 cm³/mol. The van der Waals surface area contributed by atoms with Crippen LogP contribution in [0.25, 0.3) is 10.9 Å². The molecule has 12 atom stereocenters. The van der Waals surface area contributed by atoms with Gasteiger partial charge in [0.1, 0.15) is 28.9 Å². The number of benzene rings is 1. The van der Waals surface area contributed by atoms with Gasteiger partial charge in [-0.25, -0.2) is 0 Å². The van der Waals surface area contributed by atoms with Gasteiger partial charge in [0.15, 0.2) is 11.6 Å². The first-order valence-electron chi connectivity index (χ1n) is 27.7. The van der Waals surface area contributed by atoms with E-state index in [1.165, 1.54) is 6.92 Å². The van der Waals surface area contributed by atoms with E-state index in [-0.39, 0.29) is 36.7 Å². The number of rotatable bonds is 18. The van der Waals surface area contributed by atoms with Gasteiger partial charge in [0.05, 0.1) is 78.6 Å². The largest absolute Gasteiger partial charge is 0.494 e. The lowest BCUT2D eigenvalue weighted by Crippen LogP contribution is -2.56. The minimum absolute atomic E-state index is 0.0909. The molecule has 4 aliphatic heterocycles. The van der Waals surface area contributed by atoms with Crippen molar-refractivity contribution >= 4 is 92.3 Å². The van der Waals surface area contributed by atoms with Crippen LogP contribution in [0, 0.1) is 23.7 Å². The number of ketones is 2. The van der Waals surface area contributed by atoms with Crippen molar-refractivity contribution in [3.8, 4) is 5.75 Å². The highest BCUT2D eigenvalue weighted by atomic mass is 32.2. The van der Waals surface area contributed by atoms with E-state index in [0.717, 1.165) is 22.0 Å². The molecule has 1 aromatic heterocycles. The minimum Gasteiger partial charge on any atom is -0.494 e. The summed E-state index contributed by atoms with van der Waals surface area (Å²) in [6, 6.07) is -2.55. The van der Waals surface area contributed by atoms with Gasteiger partial charge in [0.2, 0.25) is 47.3 Å². The van der Waals surface area contributed by atoms with Gasteiger partial charge < -0.3 is 73.3 Å². The highest BCUT2D eigenvalue weighted by molar-refractivity contribution is 7.85. The number of aromatic amines is 1.